The zero-order valence-corrected chi connectivity index (χ0v) is 28.5. The Morgan fingerprint density at radius 3 is 1.89 bits per heavy atom. The van der Waals surface area contributed by atoms with Crippen LogP contribution in [0.15, 0.2) is 0 Å². The van der Waals surface area contributed by atoms with Gasteiger partial charge in [0.15, 0.2) is 0 Å². The third-order valence-electron chi connectivity index (χ3n) is 9.48. The van der Waals surface area contributed by atoms with Crippen molar-refractivity contribution in [3.05, 3.63) is 0 Å². The number of ketones is 1. The molecule has 1 unspecified atom stereocenters. The molecule has 2 heterocycles. The van der Waals surface area contributed by atoms with E-state index in [1.807, 2.05) is 55.4 Å². The number of hydrogen-bond acceptors (Lipinski definition) is 6. The van der Waals surface area contributed by atoms with Crippen molar-refractivity contribution >= 4 is 35.4 Å². The second-order valence-electron chi connectivity index (χ2n) is 15.7. The van der Waals surface area contributed by atoms with Gasteiger partial charge in [0.25, 0.3) is 5.91 Å². The minimum atomic E-state index is -1.10. The van der Waals surface area contributed by atoms with Crippen molar-refractivity contribution in [1.29, 1.82) is 0 Å². The van der Waals surface area contributed by atoms with Gasteiger partial charge in [-0.2, -0.15) is 0 Å². The van der Waals surface area contributed by atoms with Crippen LogP contribution in [0.25, 0.3) is 0 Å². The Bertz CT molecular complexity index is 1130. The molecule has 12 nitrogen and oxygen atoms in total. The minimum absolute atomic E-state index is 0.131. The molecule has 12 heteroatoms. The van der Waals surface area contributed by atoms with Crippen LogP contribution in [0.5, 0.6) is 0 Å². The fourth-order valence-corrected chi connectivity index (χ4v) is 6.57. The molecule has 0 aromatic heterocycles. The molecule has 2 saturated heterocycles. The lowest BCUT2D eigenvalue weighted by Gasteiger charge is -2.39. The molecule has 1 aliphatic carbocycles. The van der Waals surface area contributed by atoms with Gasteiger partial charge in [0.1, 0.15) is 18.1 Å². The van der Waals surface area contributed by atoms with Gasteiger partial charge in [-0.1, -0.05) is 68.2 Å². The van der Waals surface area contributed by atoms with Crippen LogP contribution < -0.4 is 21.7 Å². The molecule has 1 saturated carbocycles. The molecule has 0 radical (unpaired) electrons. The van der Waals surface area contributed by atoms with Crippen molar-refractivity contribution in [1.82, 2.24) is 25.8 Å². The van der Waals surface area contributed by atoms with Gasteiger partial charge in [-0.3, -0.25) is 24.0 Å². The fraction of sp³-hybridized carbons (Fsp3) is 0.818. The van der Waals surface area contributed by atoms with E-state index in [2.05, 4.69) is 16.0 Å². The molecule has 45 heavy (non-hydrogen) atoms. The number of amides is 6. The molecule has 5 N–H and O–H groups in total. The van der Waals surface area contributed by atoms with Crippen LogP contribution in [0, 0.1) is 28.6 Å². The highest BCUT2D eigenvalue weighted by Crippen LogP contribution is 2.40. The lowest BCUT2D eigenvalue weighted by molar-refractivity contribution is -0.145. The molecule has 3 rings (SSSR count). The number of carbonyl (C=O) groups excluding carboxylic acids is 6. The third kappa shape index (κ3) is 9.42. The standard InChI is InChI=1S/C33H56N6O6/c1-19(2)23(29(43)38-15-10-9-11-16-38)36-31(45)37-26(33(6,7)8)30(44)39-17-14-21(32(3,4)5)24(39)28(42)35-22(18-20-12-13-20)25(40)27(34)41/h19-24,26H,9-18H2,1-8H3,(H2,34,41)(H,35,42)(H2,36,37,45)/t21-,22?,23-,24-,26+/m0/s1. The van der Waals surface area contributed by atoms with Crippen LogP contribution in [0.4, 0.5) is 4.79 Å². The maximum absolute atomic E-state index is 14.3. The van der Waals surface area contributed by atoms with E-state index in [9.17, 15) is 28.8 Å². The maximum Gasteiger partial charge on any atom is 0.316 e. The number of nitrogens with zero attached hydrogens (tertiary/aromatic N) is 2. The Morgan fingerprint density at radius 2 is 1.40 bits per heavy atom. The molecule has 3 fully saturated rings. The molecule has 0 bridgehead atoms. The highest BCUT2D eigenvalue weighted by Gasteiger charge is 2.50. The number of urea groups is 1. The number of nitrogens with two attached hydrogens (primary N) is 1. The second kappa shape index (κ2) is 14.5. The number of Topliss-reactive ketones (excluding diaryl/α,β-unsaturated/α-hetero) is 1. The summed E-state index contributed by atoms with van der Waals surface area (Å²) in [5.41, 5.74) is 4.20. The monoisotopic (exact) mass is 632 g/mol. The summed E-state index contributed by atoms with van der Waals surface area (Å²) in [5.74, 6) is -3.18. The second-order valence-corrected chi connectivity index (χ2v) is 15.7. The number of likely N-dealkylation sites (tertiary alicyclic amines) is 2. The van der Waals surface area contributed by atoms with E-state index >= 15 is 0 Å². The average molecular weight is 633 g/mol. The molecule has 0 spiro atoms. The lowest BCUT2D eigenvalue weighted by Crippen LogP contribution is -2.62. The molecule has 0 aromatic carbocycles. The number of nitrogens with one attached hydrogen (secondary N) is 3. The van der Waals surface area contributed by atoms with E-state index in [4.69, 9.17) is 5.73 Å². The largest absolute Gasteiger partial charge is 0.363 e. The van der Waals surface area contributed by atoms with E-state index in [0.29, 0.717) is 25.9 Å². The minimum Gasteiger partial charge on any atom is -0.363 e. The van der Waals surface area contributed by atoms with Gasteiger partial charge in [-0.25, -0.2) is 4.79 Å². The summed E-state index contributed by atoms with van der Waals surface area (Å²) in [4.78, 5) is 82.7. The fourth-order valence-electron chi connectivity index (χ4n) is 6.57. The molecule has 254 valence electrons. The number of carbonyl (C=O) groups is 6. The Morgan fingerprint density at radius 1 is 0.800 bits per heavy atom. The van der Waals surface area contributed by atoms with Crippen molar-refractivity contribution < 1.29 is 28.8 Å². The summed E-state index contributed by atoms with van der Waals surface area (Å²) in [5, 5.41) is 8.44. The normalized spacial score (nSPS) is 22.8. The Kier molecular flexibility index (Phi) is 11.7. The van der Waals surface area contributed by atoms with Gasteiger partial charge in [0.2, 0.25) is 23.5 Å². The topological polar surface area (TPSA) is 171 Å². The van der Waals surface area contributed by atoms with E-state index < -0.39 is 59.1 Å². The lowest BCUT2D eigenvalue weighted by atomic mass is 9.75. The summed E-state index contributed by atoms with van der Waals surface area (Å²) in [6.07, 6.45) is 5.65. The predicted octanol–water partition coefficient (Wildman–Crippen LogP) is 2.34. The molecule has 5 atom stereocenters. The first-order chi connectivity index (χ1) is 20.8. The number of piperidine rings is 1. The van der Waals surface area contributed by atoms with Crippen LogP contribution in [0.2, 0.25) is 0 Å². The molecule has 0 aromatic rings. The summed E-state index contributed by atoms with van der Waals surface area (Å²) in [7, 11) is 0. The zero-order valence-electron chi connectivity index (χ0n) is 28.5. The van der Waals surface area contributed by atoms with E-state index in [1.54, 1.807) is 4.90 Å². The highest BCUT2D eigenvalue weighted by molar-refractivity contribution is 6.37. The first-order valence-electron chi connectivity index (χ1n) is 16.6. The maximum atomic E-state index is 14.3. The van der Waals surface area contributed by atoms with E-state index in [1.165, 1.54) is 4.90 Å². The molecule has 2 aliphatic heterocycles. The van der Waals surface area contributed by atoms with E-state index in [0.717, 1.165) is 32.1 Å². The highest BCUT2D eigenvalue weighted by atomic mass is 16.2. The van der Waals surface area contributed by atoms with Gasteiger partial charge in [0.05, 0.1) is 6.04 Å². The van der Waals surface area contributed by atoms with Gasteiger partial charge in [0, 0.05) is 19.6 Å². The Labute approximate surface area is 268 Å². The van der Waals surface area contributed by atoms with Gasteiger partial charge in [-0.05, 0) is 60.7 Å². The smallest absolute Gasteiger partial charge is 0.316 e. The Hall–Kier alpha value is -3.18. The molecule has 3 aliphatic rings. The van der Waals surface area contributed by atoms with Crippen LogP contribution in [0.1, 0.15) is 100 Å². The van der Waals surface area contributed by atoms with Crippen LogP contribution in [-0.4, -0.2) is 89.0 Å². The third-order valence-corrected chi connectivity index (χ3v) is 9.48. The number of rotatable bonds is 11. The van der Waals surface area contributed by atoms with Crippen molar-refractivity contribution in [3.63, 3.8) is 0 Å². The van der Waals surface area contributed by atoms with Crippen LogP contribution in [-0.2, 0) is 24.0 Å². The number of primary amides is 1. The predicted molar refractivity (Wildman–Crippen MR) is 171 cm³/mol. The van der Waals surface area contributed by atoms with Crippen molar-refractivity contribution in [3.8, 4) is 0 Å². The van der Waals surface area contributed by atoms with Gasteiger partial charge in [-0.15, -0.1) is 0 Å². The zero-order chi connectivity index (χ0) is 33.9. The number of hydrogen-bond donors (Lipinski definition) is 4. The van der Waals surface area contributed by atoms with Crippen LogP contribution >= 0.6 is 0 Å². The summed E-state index contributed by atoms with van der Waals surface area (Å²) >= 11 is 0. The van der Waals surface area contributed by atoms with Gasteiger partial charge < -0.3 is 31.5 Å². The quantitative estimate of drug-likeness (QED) is 0.255. The van der Waals surface area contributed by atoms with Crippen LogP contribution in [0.3, 0.4) is 0 Å². The first-order valence-corrected chi connectivity index (χ1v) is 16.6. The van der Waals surface area contributed by atoms with Crippen molar-refractivity contribution in [2.75, 3.05) is 19.6 Å². The molecular weight excluding hydrogens is 576 g/mol. The van der Waals surface area contributed by atoms with Gasteiger partial charge >= 0.3 is 6.03 Å². The van der Waals surface area contributed by atoms with Crippen molar-refractivity contribution in [2.24, 2.45) is 34.3 Å². The average Bonchev–Trinajstić information content (AvgIpc) is 3.64. The summed E-state index contributed by atoms with van der Waals surface area (Å²) in [6, 6.07) is -4.36. The summed E-state index contributed by atoms with van der Waals surface area (Å²) in [6.45, 7) is 16.9. The molecule has 6 amide bonds. The van der Waals surface area contributed by atoms with E-state index in [-0.39, 0.29) is 35.6 Å². The first kappa shape index (κ1) is 36.3. The summed E-state index contributed by atoms with van der Waals surface area (Å²) < 4.78 is 0. The van der Waals surface area contributed by atoms with Crippen molar-refractivity contribution in [2.45, 2.75) is 125 Å². The SMILES string of the molecule is CC(C)[C@H](NC(=O)N[C@H](C(=O)N1CC[C@H](C(C)(C)C)[C@H]1C(=O)NC(CC1CC1)C(=O)C(N)=O)C(C)(C)C)C(=O)N1CCCCC1. The molecular formula is C33H56N6O6. The Balaban J connectivity index is 1.83.